The lowest BCUT2D eigenvalue weighted by Gasteiger charge is -2.20. The van der Waals surface area contributed by atoms with Gasteiger partial charge in [0.2, 0.25) is 0 Å². The summed E-state index contributed by atoms with van der Waals surface area (Å²) in [6.45, 7) is 4.55. The molecule has 5 nitrogen and oxygen atoms in total. The Balaban J connectivity index is 0.000000606. The Bertz CT molecular complexity index is 323. The van der Waals surface area contributed by atoms with E-state index in [1.165, 1.54) is 4.90 Å². The van der Waals surface area contributed by atoms with Crippen molar-refractivity contribution in [3.63, 3.8) is 0 Å². The zero-order chi connectivity index (χ0) is 12.1. The maximum Gasteiger partial charge on any atom is 0.256 e. The summed E-state index contributed by atoms with van der Waals surface area (Å²) in [4.78, 5) is 17.1. The molecule has 0 saturated carbocycles. The van der Waals surface area contributed by atoms with Crippen molar-refractivity contribution in [1.82, 2.24) is 4.90 Å². The van der Waals surface area contributed by atoms with Crippen LogP contribution in [0.2, 0.25) is 0 Å². The summed E-state index contributed by atoms with van der Waals surface area (Å²) in [6, 6.07) is 0. The van der Waals surface area contributed by atoms with E-state index in [4.69, 9.17) is 5.73 Å². The van der Waals surface area contributed by atoms with Gasteiger partial charge in [0.05, 0.1) is 0 Å². The van der Waals surface area contributed by atoms with Gasteiger partial charge in [0.25, 0.3) is 5.91 Å². The first-order chi connectivity index (χ1) is 7.68. The molecule has 0 bridgehead atoms. The number of carbonyl (C=O) groups excluding carboxylic acids is 1. The van der Waals surface area contributed by atoms with Crippen LogP contribution in [-0.4, -0.2) is 34.4 Å². The molecule has 0 aromatic rings. The molecule has 0 spiro atoms. The number of amides is 1. The number of amidine groups is 1. The molecule has 3 N–H and O–H groups in total. The Morgan fingerprint density at radius 3 is 2.75 bits per heavy atom. The van der Waals surface area contributed by atoms with E-state index >= 15 is 0 Å². The number of aliphatic hydroxyl groups excluding tert-OH is 1. The van der Waals surface area contributed by atoms with Gasteiger partial charge < -0.3 is 10.8 Å². The number of carbonyl (C=O) groups is 1. The lowest BCUT2D eigenvalue weighted by molar-refractivity contribution is -0.131. The van der Waals surface area contributed by atoms with Gasteiger partial charge in [-0.05, 0) is 12.5 Å². The average molecular weight is 225 g/mol. The summed E-state index contributed by atoms with van der Waals surface area (Å²) < 4.78 is 0. The summed E-state index contributed by atoms with van der Waals surface area (Å²) in [6.07, 6.45) is 3.00. The number of hydrogen-bond acceptors (Lipinski definition) is 4. The molecule has 16 heavy (non-hydrogen) atoms. The molecule has 2 heterocycles. The Labute approximate surface area is 95.6 Å². The molecule has 5 heteroatoms. The highest BCUT2D eigenvalue weighted by molar-refractivity contribution is 6.02. The molecule has 2 rings (SSSR count). The molecule has 2 aliphatic rings. The second-order valence-electron chi connectivity index (χ2n) is 3.49. The average Bonchev–Trinajstić information content (AvgIpc) is 2.63. The van der Waals surface area contributed by atoms with Gasteiger partial charge in [-0.2, -0.15) is 0 Å². The van der Waals surface area contributed by atoms with Crippen molar-refractivity contribution >= 4 is 11.7 Å². The molecular weight excluding hydrogens is 206 g/mol. The Morgan fingerprint density at radius 2 is 2.25 bits per heavy atom. The zero-order valence-corrected chi connectivity index (χ0v) is 9.81. The van der Waals surface area contributed by atoms with Crippen LogP contribution in [0, 0.1) is 0 Å². The fraction of sp³-hybridized carbons (Fsp3) is 0.636. The summed E-state index contributed by atoms with van der Waals surface area (Å²) in [7, 11) is 0. The van der Waals surface area contributed by atoms with E-state index in [9.17, 15) is 9.90 Å². The number of aliphatic hydroxyl groups is 1. The number of nitrogens with two attached hydrogens (primary N) is 1. The Morgan fingerprint density at radius 1 is 1.56 bits per heavy atom. The minimum atomic E-state index is -0.857. The maximum atomic E-state index is 11.4. The van der Waals surface area contributed by atoms with Gasteiger partial charge in [-0.15, -0.1) is 0 Å². The van der Waals surface area contributed by atoms with Crippen molar-refractivity contribution in [2.45, 2.75) is 39.2 Å². The van der Waals surface area contributed by atoms with Crippen LogP contribution >= 0.6 is 0 Å². The van der Waals surface area contributed by atoms with Gasteiger partial charge >= 0.3 is 0 Å². The second kappa shape index (κ2) is 5.65. The van der Waals surface area contributed by atoms with Crippen molar-refractivity contribution in [2.75, 3.05) is 6.54 Å². The highest BCUT2D eigenvalue weighted by Gasteiger charge is 2.32. The Kier molecular flexibility index (Phi) is 4.49. The monoisotopic (exact) mass is 225 g/mol. The fourth-order valence-corrected chi connectivity index (χ4v) is 1.72. The van der Waals surface area contributed by atoms with E-state index in [-0.39, 0.29) is 5.91 Å². The SMILES string of the molecule is CC.NC1=CCCC(N2CCC(O)C2=O)=N1. The fourth-order valence-electron chi connectivity index (χ4n) is 1.72. The zero-order valence-electron chi connectivity index (χ0n) is 9.81. The molecule has 90 valence electrons. The first-order valence-corrected chi connectivity index (χ1v) is 5.71. The van der Waals surface area contributed by atoms with Crippen LogP contribution in [0.5, 0.6) is 0 Å². The molecule has 0 aromatic carbocycles. The highest BCUT2D eigenvalue weighted by atomic mass is 16.3. The van der Waals surface area contributed by atoms with Crippen LogP contribution < -0.4 is 5.73 Å². The largest absolute Gasteiger partial charge is 0.384 e. The number of hydrogen-bond donors (Lipinski definition) is 2. The molecule has 1 unspecified atom stereocenters. The highest BCUT2D eigenvalue weighted by Crippen LogP contribution is 2.17. The first kappa shape index (κ1) is 12.7. The number of allylic oxidation sites excluding steroid dienone is 1. The molecule has 0 aromatic heterocycles. The molecular formula is C11H19N3O2. The van der Waals surface area contributed by atoms with Crippen LogP contribution in [-0.2, 0) is 4.79 Å². The van der Waals surface area contributed by atoms with Crippen molar-refractivity contribution < 1.29 is 9.90 Å². The molecule has 1 fully saturated rings. The molecule has 1 saturated heterocycles. The van der Waals surface area contributed by atoms with Crippen molar-refractivity contribution in [2.24, 2.45) is 10.7 Å². The number of rotatable bonds is 0. The topological polar surface area (TPSA) is 78.9 Å². The van der Waals surface area contributed by atoms with Gasteiger partial charge in [-0.3, -0.25) is 9.69 Å². The number of aliphatic imine (C=N–C) groups is 1. The van der Waals surface area contributed by atoms with E-state index in [2.05, 4.69) is 4.99 Å². The lowest BCUT2D eigenvalue weighted by Crippen LogP contribution is -2.36. The van der Waals surface area contributed by atoms with Crippen molar-refractivity contribution in [3.05, 3.63) is 11.9 Å². The van der Waals surface area contributed by atoms with E-state index in [0.717, 1.165) is 12.8 Å². The van der Waals surface area contributed by atoms with Crippen LogP contribution in [0.3, 0.4) is 0 Å². The van der Waals surface area contributed by atoms with Gasteiger partial charge in [0.15, 0.2) is 0 Å². The molecule has 1 atom stereocenters. The quantitative estimate of drug-likeness (QED) is 0.633. The summed E-state index contributed by atoms with van der Waals surface area (Å²) >= 11 is 0. The van der Waals surface area contributed by atoms with E-state index in [1.54, 1.807) is 0 Å². The van der Waals surface area contributed by atoms with Gasteiger partial charge in [-0.1, -0.05) is 13.8 Å². The van der Waals surface area contributed by atoms with Crippen LogP contribution in [0.25, 0.3) is 0 Å². The number of likely N-dealkylation sites (tertiary alicyclic amines) is 1. The van der Waals surface area contributed by atoms with Crippen molar-refractivity contribution in [3.8, 4) is 0 Å². The minimum absolute atomic E-state index is 0.251. The predicted octanol–water partition coefficient (Wildman–Crippen LogP) is 0.598. The van der Waals surface area contributed by atoms with E-state index in [0.29, 0.717) is 24.6 Å². The lowest BCUT2D eigenvalue weighted by atomic mass is 10.2. The molecule has 0 aliphatic carbocycles. The smallest absolute Gasteiger partial charge is 0.256 e. The predicted molar refractivity (Wildman–Crippen MR) is 62.6 cm³/mol. The molecule has 2 aliphatic heterocycles. The summed E-state index contributed by atoms with van der Waals surface area (Å²) in [5.74, 6) is 0.894. The Hall–Kier alpha value is -1.36. The van der Waals surface area contributed by atoms with E-state index in [1.807, 2.05) is 19.9 Å². The van der Waals surface area contributed by atoms with Crippen LogP contribution in [0.15, 0.2) is 16.9 Å². The number of nitrogens with zero attached hydrogens (tertiary/aromatic N) is 2. The van der Waals surface area contributed by atoms with Gasteiger partial charge in [0, 0.05) is 19.4 Å². The van der Waals surface area contributed by atoms with Crippen LogP contribution in [0.1, 0.15) is 33.1 Å². The minimum Gasteiger partial charge on any atom is -0.384 e. The molecule has 0 radical (unpaired) electrons. The maximum absolute atomic E-state index is 11.4. The third-order valence-electron chi connectivity index (χ3n) is 2.47. The third kappa shape index (κ3) is 2.61. The van der Waals surface area contributed by atoms with Crippen molar-refractivity contribution in [1.29, 1.82) is 0 Å². The van der Waals surface area contributed by atoms with Gasteiger partial charge in [-0.25, -0.2) is 4.99 Å². The second-order valence-corrected chi connectivity index (χ2v) is 3.49. The van der Waals surface area contributed by atoms with Crippen LogP contribution in [0.4, 0.5) is 0 Å². The van der Waals surface area contributed by atoms with Gasteiger partial charge in [0.1, 0.15) is 17.8 Å². The standard InChI is InChI=1S/C9H13N3O2.C2H6/c10-7-2-1-3-8(11-7)12-5-4-6(13)9(12)14;1-2/h2,6,13H,1,3-5,10H2;1-2H3. The summed E-state index contributed by atoms with van der Waals surface area (Å²) in [5.41, 5.74) is 5.55. The third-order valence-corrected chi connectivity index (χ3v) is 2.47. The summed E-state index contributed by atoms with van der Waals surface area (Å²) in [5, 5.41) is 9.27. The first-order valence-electron chi connectivity index (χ1n) is 5.71. The van der Waals surface area contributed by atoms with E-state index < -0.39 is 6.10 Å². The molecule has 1 amide bonds. The normalized spacial score (nSPS) is 24.6.